The number of hydrogen-bond donors (Lipinski definition) is 0. The fraction of sp³-hybridized carbons (Fsp3) is 0.143. The van der Waals surface area contributed by atoms with Crippen molar-refractivity contribution < 1.29 is 4.39 Å². The van der Waals surface area contributed by atoms with Crippen LogP contribution in [0.3, 0.4) is 0 Å². The van der Waals surface area contributed by atoms with Gasteiger partial charge in [0.2, 0.25) is 5.28 Å². The van der Waals surface area contributed by atoms with Crippen LogP contribution >= 0.6 is 11.6 Å². The zero-order valence-corrected chi connectivity index (χ0v) is 7.01. The molecule has 2 aromatic heterocycles. The maximum Gasteiger partial charge on any atom is 0.243 e. The molecule has 0 aliphatic carbocycles. The minimum atomic E-state index is -0.408. The van der Waals surface area contributed by atoms with Gasteiger partial charge in [-0.05, 0) is 30.2 Å². The Morgan fingerprint density at radius 3 is 3.08 bits per heavy atom. The maximum atomic E-state index is 13.1. The second-order valence-electron chi connectivity index (χ2n) is 2.51. The third-order valence-corrected chi connectivity index (χ3v) is 1.66. The molecule has 2 aromatic rings. The predicted octanol–water partition coefficient (Wildman–Crippen LogP) is 1.83. The van der Waals surface area contributed by atoms with E-state index in [1.54, 1.807) is 13.1 Å². The van der Waals surface area contributed by atoms with Gasteiger partial charge >= 0.3 is 0 Å². The number of hydrogen-bond acceptors (Lipinski definition) is 2. The summed E-state index contributed by atoms with van der Waals surface area (Å²) < 4.78 is 14.4. The van der Waals surface area contributed by atoms with E-state index < -0.39 is 5.82 Å². The van der Waals surface area contributed by atoms with Crippen LogP contribution in [0.5, 0.6) is 0 Å². The number of nitrogens with zero attached hydrogens (tertiary/aromatic N) is 3. The summed E-state index contributed by atoms with van der Waals surface area (Å²) >= 11 is 5.50. The highest BCUT2D eigenvalue weighted by Crippen LogP contribution is 2.11. The predicted molar refractivity (Wildman–Crippen MR) is 42.7 cm³/mol. The van der Waals surface area contributed by atoms with Crippen LogP contribution in [0.25, 0.3) is 5.65 Å². The van der Waals surface area contributed by atoms with Gasteiger partial charge in [-0.15, -0.1) is 5.10 Å². The smallest absolute Gasteiger partial charge is 0.217 e. The van der Waals surface area contributed by atoms with Crippen LogP contribution in [0, 0.1) is 12.7 Å². The van der Waals surface area contributed by atoms with Gasteiger partial charge < -0.3 is 0 Å². The van der Waals surface area contributed by atoms with Crippen LogP contribution in [0.4, 0.5) is 4.39 Å². The molecule has 0 aromatic carbocycles. The van der Waals surface area contributed by atoms with E-state index in [1.165, 1.54) is 10.6 Å². The molecule has 62 valence electrons. The summed E-state index contributed by atoms with van der Waals surface area (Å²) in [4.78, 5) is 3.70. The van der Waals surface area contributed by atoms with Gasteiger partial charge in [-0.3, -0.25) is 0 Å². The van der Waals surface area contributed by atoms with Crippen molar-refractivity contribution in [2.24, 2.45) is 0 Å². The first kappa shape index (κ1) is 7.49. The quantitative estimate of drug-likeness (QED) is 0.627. The zero-order valence-electron chi connectivity index (χ0n) is 6.25. The van der Waals surface area contributed by atoms with Crippen LogP contribution in [-0.2, 0) is 0 Å². The molecule has 0 radical (unpaired) electrons. The van der Waals surface area contributed by atoms with Crippen LogP contribution in [0.2, 0.25) is 5.28 Å². The molecule has 0 aliphatic heterocycles. The molecule has 0 N–H and O–H groups in total. The lowest BCUT2D eigenvalue weighted by molar-refractivity contribution is 0.626. The zero-order chi connectivity index (χ0) is 8.72. The summed E-state index contributed by atoms with van der Waals surface area (Å²) in [5, 5.41) is 3.82. The van der Waals surface area contributed by atoms with Gasteiger partial charge in [0, 0.05) is 6.20 Å². The van der Waals surface area contributed by atoms with E-state index in [2.05, 4.69) is 10.1 Å². The van der Waals surface area contributed by atoms with Crippen molar-refractivity contribution in [2.75, 3.05) is 0 Å². The van der Waals surface area contributed by atoms with E-state index in [-0.39, 0.29) is 10.9 Å². The first-order valence-electron chi connectivity index (χ1n) is 3.35. The molecule has 5 heteroatoms. The molecule has 0 amide bonds. The molecule has 0 spiro atoms. The highest BCUT2D eigenvalue weighted by molar-refractivity contribution is 6.28. The molecule has 0 bridgehead atoms. The van der Waals surface area contributed by atoms with Gasteiger partial charge in [-0.1, -0.05) is 0 Å². The summed E-state index contributed by atoms with van der Waals surface area (Å²) in [5.41, 5.74) is 0.937. The fourth-order valence-electron chi connectivity index (χ4n) is 1.04. The Morgan fingerprint density at radius 2 is 2.33 bits per heavy atom. The van der Waals surface area contributed by atoms with Crippen molar-refractivity contribution in [3.63, 3.8) is 0 Å². The molecule has 0 saturated heterocycles. The third-order valence-electron chi connectivity index (χ3n) is 1.50. The Bertz CT molecular complexity index is 437. The van der Waals surface area contributed by atoms with Gasteiger partial charge in [-0.25, -0.2) is 8.91 Å². The summed E-state index contributed by atoms with van der Waals surface area (Å²) in [5.74, 6) is -0.408. The Hall–Kier alpha value is -1.16. The summed E-state index contributed by atoms with van der Waals surface area (Å²) in [6.07, 6.45) is 1.66. The second-order valence-corrected chi connectivity index (χ2v) is 2.85. The van der Waals surface area contributed by atoms with Crippen molar-refractivity contribution >= 4 is 17.2 Å². The lowest BCUT2D eigenvalue weighted by Gasteiger charge is -1.94. The molecule has 0 saturated carbocycles. The monoisotopic (exact) mass is 185 g/mol. The average Bonchev–Trinajstić information content (AvgIpc) is 2.29. The molecule has 2 heterocycles. The van der Waals surface area contributed by atoms with Gasteiger partial charge in [0.15, 0.2) is 11.5 Å². The number of halogens is 2. The normalized spacial score (nSPS) is 10.9. The molecule has 0 fully saturated rings. The van der Waals surface area contributed by atoms with Gasteiger partial charge in [0.05, 0.1) is 0 Å². The van der Waals surface area contributed by atoms with Gasteiger partial charge in [-0.2, -0.15) is 4.98 Å². The first-order valence-corrected chi connectivity index (χ1v) is 3.72. The molecule has 0 unspecified atom stereocenters. The number of fused-ring (bicyclic) bond motifs is 1. The number of pyridine rings is 1. The Balaban J connectivity index is 2.88. The fourth-order valence-corrected chi connectivity index (χ4v) is 1.21. The summed E-state index contributed by atoms with van der Waals surface area (Å²) in [6, 6.07) is 1.39. The van der Waals surface area contributed by atoms with Crippen LogP contribution in [0.1, 0.15) is 5.56 Å². The molecule has 3 nitrogen and oxygen atoms in total. The minimum Gasteiger partial charge on any atom is -0.217 e. The SMILES string of the molecule is Cc1cc(F)c2nc(Cl)nn2c1. The van der Waals surface area contributed by atoms with Crippen molar-refractivity contribution in [3.8, 4) is 0 Å². The van der Waals surface area contributed by atoms with Crippen LogP contribution in [0.15, 0.2) is 12.3 Å². The molecular formula is C7H5ClFN3. The first-order chi connectivity index (χ1) is 5.66. The van der Waals surface area contributed by atoms with E-state index in [0.29, 0.717) is 0 Å². The summed E-state index contributed by atoms with van der Waals surface area (Å²) in [6.45, 7) is 1.78. The van der Waals surface area contributed by atoms with E-state index in [4.69, 9.17) is 11.6 Å². The number of aromatic nitrogens is 3. The van der Waals surface area contributed by atoms with Gasteiger partial charge in [0.1, 0.15) is 0 Å². The Kier molecular flexibility index (Phi) is 1.51. The van der Waals surface area contributed by atoms with Crippen molar-refractivity contribution in [1.82, 2.24) is 14.6 Å². The number of aryl methyl sites for hydroxylation is 1. The van der Waals surface area contributed by atoms with E-state index in [9.17, 15) is 4.39 Å². The Labute approximate surface area is 72.8 Å². The highest BCUT2D eigenvalue weighted by Gasteiger charge is 2.06. The van der Waals surface area contributed by atoms with Gasteiger partial charge in [0.25, 0.3) is 0 Å². The van der Waals surface area contributed by atoms with Crippen LogP contribution < -0.4 is 0 Å². The highest BCUT2D eigenvalue weighted by atomic mass is 35.5. The van der Waals surface area contributed by atoms with Crippen LogP contribution in [-0.4, -0.2) is 14.6 Å². The maximum absolute atomic E-state index is 13.1. The summed E-state index contributed by atoms with van der Waals surface area (Å²) in [7, 11) is 0. The molecule has 0 aliphatic rings. The standard InChI is InChI=1S/C7H5ClFN3/c1-4-2-5(9)6-10-7(8)11-12(6)3-4/h2-3H,1H3. The van der Waals surface area contributed by atoms with Crippen molar-refractivity contribution in [3.05, 3.63) is 28.9 Å². The largest absolute Gasteiger partial charge is 0.243 e. The molecule has 12 heavy (non-hydrogen) atoms. The minimum absolute atomic E-state index is 0.0551. The lowest BCUT2D eigenvalue weighted by atomic mass is 10.3. The average molecular weight is 186 g/mol. The van der Waals surface area contributed by atoms with E-state index in [1.807, 2.05) is 0 Å². The third kappa shape index (κ3) is 1.04. The van der Waals surface area contributed by atoms with E-state index in [0.717, 1.165) is 5.56 Å². The van der Waals surface area contributed by atoms with Crippen molar-refractivity contribution in [2.45, 2.75) is 6.92 Å². The molecule has 0 atom stereocenters. The molecular weight excluding hydrogens is 181 g/mol. The Morgan fingerprint density at radius 1 is 1.58 bits per heavy atom. The topological polar surface area (TPSA) is 30.2 Å². The second kappa shape index (κ2) is 2.42. The van der Waals surface area contributed by atoms with E-state index >= 15 is 0 Å². The lowest BCUT2D eigenvalue weighted by Crippen LogP contribution is -1.91. The van der Waals surface area contributed by atoms with Crippen molar-refractivity contribution in [1.29, 1.82) is 0 Å². The number of rotatable bonds is 0. The molecule has 2 rings (SSSR count).